The van der Waals surface area contributed by atoms with Crippen molar-refractivity contribution in [3.63, 3.8) is 0 Å². The number of hydrogen-bond donors (Lipinski definition) is 2. The van der Waals surface area contributed by atoms with Gasteiger partial charge >= 0.3 is 6.18 Å². The van der Waals surface area contributed by atoms with Crippen LogP contribution in [-0.4, -0.2) is 10.2 Å². The van der Waals surface area contributed by atoms with Crippen LogP contribution < -0.4 is 9.47 Å². The Balaban J connectivity index is 0.000000212. The Morgan fingerprint density at radius 3 is 0.899 bits per heavy atom. The average Bonchev–Trinajstić information content (AvgIpc) is 0.789. The first-order chi connectivity index (χ1) is 66.3. The molecule has 0 bridgehead atoms. The molecule has 0 aliphatic heterocycles. The molecule has 2 aliphatic carbocycles. The van der Waals surface area contributed by atoms with E-state index in [2.05, 4.69) is 202 Å². The van der Waals surface area contributed by atoms with E-state index in [4.69, 9.17) is 55.9 Å². The number of phenols is 2. The first-order valence-corrected chi connectivity index (χ1v) is 51.5. The second-order valence-electron chi connectivity index (χ2n) is 37.6. The Morgan fingerprint density at radius 1 is 0.259 bits per heavy atom. The van der Waals surface area contributed by atoms with Crippen molar-refractivity contribution in [2.24, 2.45) is 23.7 Å². The molecule has 738 valence electrons. The first kappa shape index (κ1) is 115. The number of hydrogen-bond acceptors (Lipinski definition) is 4. The summed E-state index contributed by atoms with van der Waals surface area (Å²) in [4.78, 5) is 0. The van der Waals surface area contributed by atoms with Gasteiger partial charge in [-0.05, 0) is 351 Å². The summed E-state index contributed by atoms with van der Waals surface area (Å²) in [5.41, 5.74) is 28.5. The van der Waals surface area contributed by atoms with Gasteiger partial charge in [0.05, 0.1) is 5.56 Å². The number of benzene rings is 14. The third kappa shape index (κ3) is 39.3. The molecule has 2 atom stereocenters. The molecule has 0 spiro atoms. The summed E-state index contributed by atoms with van der Waals surface area (Å²) in [5, 5.41) is 21.8. The minimum absolute atomic E-state index is 0.246. The first-order valence-electron chi connectivity index (χ1n) is 50.0. The molecular formula is C128H153Cl4F3O4. The third-order valence-corrected chi connectivity index (χ3v) is 27.5. The van der Waals surface area contributed by atoms with Crippen LogP contribution in [0.1, 0.15) is 244 Å². The van der Waals surface area contributed by atoms with Crippen LogP contribution in [0.2, 0.25) is 20.1 Å². The summed E-state index contributed by atoms with van der Waals surface area (Å²) >= 11 is 24.7. The lowest BCUT2D eigenvalue weighted by Crippen LogP contribution is -2.13. The fourth-order valence-electron chi connectivity index (χ4n) is 16.8. The number of ether oxygens (including phenoxy) is 2. The van der Waals surface area contributed by atoms with Crippen molar-refractivity contribution in [2.75, 3.05) is 0 Å². The van der Waals surface area contributed by atoms with E-state index in [9.17, 15) is 23.4 Å². The van der Waals surface area contributed by atoms with E-state index in [1.165, 1.54) is 161 Å². The Hall–Kier alpha value is -10.8. The van der Waals surface area contributed by atoms with Crippen LogP contribution in [0.25, 0.3) is 44.5 Å². The van der Waals surface area contributed by atoms with Gasteiger partial charge in [0, 0.05) is 31.2 Å². The number of phenolic OH excluding ortho intramolecular Hbond substituents is 2. The van der Waals surface area contributed by atoms with Gasteiger partial charge in [0.25, 0.3) is 0 Å². The van der Waals surface area contributed by atoms with Crippen molar-refractivity contribution in [3.8, 4) is 79.0 Å². The second kappa shape index (κ2) is 59.1. The molecule has 2 aliphatic rings. The minimum atomic E-state index is -4.33. The average molecular weight is 1950 g/mol. The molecular weight excluding hydrogens is 1800 g/mol. The predicted molar refractivity (Wildman–Crippen MR) is 595 cm³/mol. The standard InChI is InChI=1S/C16H15F3.C16H18.C14H10Cl4.C14H14O2.2C14H14O.C10H20.C10H14.C10H20.C10H14/c1-10-4-6-13(12(3)8-10)14-7-5-11(2)9-15(14)16(17,18)19;1-11-5-7-15(13(3)9-11)16-8-6-12(2)10-14(16)4;1-7-3-13(17)9(5-11(7)15)10-6-12(16)8(2)4-14(10)18;1-9-3-5-11(7-13(9)15)12-6-4-10(2)14(16)8-12;1-11-3-7-13(8-4-11)15-14-9-5-12(2)6-10-14;1-11-6-8-13(9-7-11)15-14-5-3-4-12(2)10-14;2*1-3-9-5-7-10(4-2)8-6-9;2*1-3-9-6-5-7-10(4-2)8-9/h4-9H,1-3H3;5-10H,1-4H3;3-6H,1-2H3;3-8,15-16H,1-2H3;2*3-10H,1-2H3;9-10H,3-8H2,1-2H3;5-8H,3-4H2,1-2H3;9-10H,3-8H2,1-2H3;5-8H,3-4H2,1-2H3. The Bertz CT molecular complexity index is 5800. The maximum absolute atomic E-state index is 13.1. The van der Waals surface area contributed by atoms with Crippen LogP contribution in [0.3, 0.4) is 0 Å². The molecule has 2 unspecified atom stereocenters. The van der Waals surface area contributed by atoms with Gasteiger partial charge < -0.3 is 19.7 Å². The lowest BCUT2D eigenvalue weighted by molar-refractivity contribution is -0.137. The molecule has 14 aromatic carbocycles. The number of aryl methyl sites for hydroxylation is 19. The second-order valence-corrected chi connectivity index (χ2v) is 39.2. The van der Waals surface area contributed by atoms with Crippen LogP contribution in [0.5, 0.6) is 34.5 Å². The summed E-state index contributed by atoms with van der Waals surface area (Å²) in [7, 11) is 0. The van der Waals surface area contributed by atoms with Crippen molar-refractivity contribution in [1.82, 2.24) is 0 Å². The lowest BCUT2D eigenvalue weighted by Gasteiger charge is -2.27. The molecule has 139 heavy (non-hydrogen) atoms. The zero-order valence-electron chi connectivity index (χ0n) is 87.0. The molecule has 0 aromatic heterocycles. The van der Waals surface area contributed by atoms with Gasteiger partial charge in [0.2, 0.25) is 0 Å². The Kier molecular flexibility index (Phi) is 49.0. The van der Waals surface area contributed by atoms with Gasteiger partial charge in [-0.3, -0.25) is 0 Å². The summed E-state index contributed by atoms with van der Waals surface area (Å²) < 4.78 is 50.8. The van der Waals surface area contributed by atoms with E-state index in [0.29, 0.717) is 31.2 Å². The van der Waals surface area contributed by atoms with Gasteiger partial charge in [-0.1, -0.05) is 399 Å². The highest BCUT2D eigenvalue weighted by molar-refractivity contribution is 6.39. The maximum atomic E-state index is 13.1. The number of halogens is 7. The number of aromatic hydroxyl groups is 2. The van der Waals surface area contributed by atoms with Crippen molar-refractivity contribution in [1.29, 1.82) is 0 Å². The van der Waals surface area contributed by atoms with Crippen molar-refractivity contribution < 1.29 is 32.9 Å². The molecule has 0 radical (unpaired) electrons. The molecule has 0 amide bonds. The van der Waals surface area contributed by atoms with Gasteiger partial charge in [-0.2, -0.15) is 13.2 Å². The van der Waals surface area contributed by atoms with Crippen LogP contribution >= 0.6 is 46.4 Å². The van der Waals surface area contributed by atoms with E-state index in [1.807, 2.05) is 193 Å². The zero-order valence-corrected chi connectivity index (χ0v) is 90.1. The van der Waals surface area contributed by atoms with Crippen molar-refractivity contribution in [3.05, 3.63) is 410 Å². The number of alkyl halides is 3. The van der Waals surface area contributed by atoms with Gasteiger partial charge in [0.1, 0.15) is 34.5 Å². The molecule has 2 N–H and O–H groups in total. The lowest BCUT2D eigenvalue weighted by atomic mass is 9.79. The van der Waals surface area contributed by atoms with E-state index >= 15 is 0 Å². The monoisotopic (exact) mass is 1950 g/mol. The van der Waals surface area contributed by atoms with Gasteiger partial charge in [0.15, 0.2) is 0 Å². The highest BCUT2D eigenvalue weighted by Crippen LogP contribution is 2.43. The van der Waals surface area contributed by atoms with Crippen LogP contribution in [0.4, 0.5) is 13.2 Å². The highest BCUT2D eigenvalue weighted by atomic mass is 35.5. The van der Waals surface area contributed by atoms with E-state index in [0.717, 1.165) is 128 Å². The molecule has 11 heteroatoms. The summed E-state index contributed by atoms with van der Waals surface area (Å²) in [5.74, 6) is 8.36. The Labute approximate surface area is 854 Å². The summed E-state index contributed by atoms with van der Waals surface area (Å²) in [6.07, 6.45) is 18.0. The largest absolute Gasteiger partial charge is 0.508 e. The maximum Gasteiger partial charge on any atom is 0.417 e. The van der Waals surface area contributed by atoms with Crippen molar-refractivity contribution in [2.45, 2.75) is 268 Å². The summed E-state index contributed by atoms with van der Waals surface area (Å²) in [6, 6.07) is 91.3. The van der Waals surface area contributed by atoms with E-state index in [1.54, 1.807) is 37.3 Å². The predicted octanol–water partition coefficient (Wildman–Crippen LogP) is 40.9. The molecule has 0 heterocycles. The SMILES string of the molecule is CCC1CCC(CC)CC1.CCC1CCCC(CC)C1.CCc1ccc(CC)cc1.CCc1cccc(CC)c1.Cc1cc(Cl)c(-c2cc(Cl)c(C)cc2Cl)cc1Cl.Cc1ccc(-c2ccc(C)c(O)c2)cc1O.Cc1ccc(-c2ccc(C)cc2C(F)(F)F)c(C)c1.Cc1ccc(-c2ccc(C)cc2C)c(C)c1.Cc1ccc(Oc2ccc(C)cc2)cc1.Cc1ccc(Oc2cccc(C)c2)cc1. The third-order valence-electron chi connectivity index (χ3n) is 26.1. The van der Waals surface area contributed by atoms with Crippen molar-refractivity contribution >= 4 is 46.4 Å². The topological polar surface area (TPSA) is 58.9 Å². The van der Waals surface area contributed by atoms with Gasteiger partial charge in [-0.15, -0.1) is 0 Å². The summed E-state index contributed by atoms with van der Waals surface area (Å²) in [6.45, 7) is 47.9. The smallest absolute Gasteiger partial charge is 0.417 e. The minimum Gasteiger partial charge on any atom is -0.508 e. The van der Waals surface area contributed by atoms with Gasteiger partial charge in [-0.25, -0.2) is 0 Å². The van der Waals surface area contributed by atoms with Crippen LogP contribution in [-0.2, 0) is 31.9 Å². The Morgan fingerprint density at radius 2 is 0.576 bits per heavy atom. The highest BCUT2D eigenvalue weighted by Gasteiger charge is 2.34. The molecule has 0 saturated heterocycles. The zero-order chi connectivity index (χ0) is 102. The molecule has 2 saturated carbocycles. The van der Waals surface area contributed by atoms with E-state index in [-0.39, 0.29) is 17.1 Å². The van der Waals surface area contributed by atoms with Crippen LogP contribution in [0, 0.1) is 128 Å². The van der Waals surface area contributed by atoms with E-state index < -0.39 is 11.7 Å². The molecule has 4 nitrogen and oxygen atoms in total. The number of rotatable bonds is 16. The fraction of sp³-hybridized carbons (Fsp3) is 0.344. The fourth-order valence-corrected chi connectivity index (χ4v) is 17.8. The quantitative estimate of drug-likeness (QED) is 0.101. The molecule has 2 fully saturated rings. The molecule has 16 rings (SSSR count). The normalized spacial score (nSPS) is 13.9. The molecule has 14 aromatic rings. The van der Waals surface area contributed by atoms with Crippen LogP contribution in [0.15, 0.2) is 279 Å².